The molecule has 12 heavy (non-hydrogen) atoms. The number of carbonyl (C=O) groups is 1. The third-order valence-corrected chi connectivity index (χ3v) is 1.58. The summed E-state index contributed by atoms with van der Waals surface area (Å²) in [6.45, 7) is 2.15. The lowest BCUT2D eigenvalue weighted by atomic mass is 10.1. The van der Waals surface area contributed by atoms with Crippen molar-refractivity contribution in [3.05, 3.63) is 11.6 Å². The molecule has 0 aromatic carbocycles. The van der Waals surface area contributed by atoms with Crippen molar-refractivity contribution >= 4 is 5.97 Å². The van der Waals surface area contributed by atoms with Crippen molar-refractivity contribution in [2.24, 2.45) is 0 Å². The van der Waals surface area contributed by atoms with Gasteiger partial charge in [-0.3, -0.25) is 4.79 Å². The summed E-state index contributed by atoms with van der Waals surface area (Å²) < 4.78 is 0. The Hall–Kier alpha value is -0.830. The first kappa shape index (κ1) is 11.2. The Balaban J connectivity index is 3.47. The lowest BCUT2D eigenvalue weighted by Gasteiger charge is -1.97. The predicted octanol–water partition coefficient (Wildman–Crippen LogP) is 1.57. The number of hydrogen-bond donors (Lipinski definition) is 2. The molecule has 3 nitrogen and oxygen atoms in total. The summed E-state index contributed by atoms with van der Waals surface area (Å²) in [5.41, 5.74) is 1.16. The Morgan fingerprint density at radius 3 is 2.58 bits per heavy atom. The molecule has 0 fully saturated rings. The van der Waals surface area contributed by atoms with E-state index in [9.17, 15) is 4.79 Å². The fourth-order valence-corrected chi connectivity index (χ4v) is 0.902. The highest BCUT2D eigenvalue weighted by molar-refractivity contribution is 5.66. The van der Waals surface area contributed by atoms with E-state index in [0.717, 1.165) is 18.4 Å². The van der Waals surface area contributed by atoms with E-state index in [0.29, 0.717) is 6.42 Å². The number of carboxylic acid groups (broad SMARTS) is 1. The zero-order valence-electron chi connectivity index (χ0n) is 7.42. The molecule has 2 N–H and O–H groups in total. The molecule has 0 aliphatic heterocycles. The summed E-state index contributed by atoms with van der Waals surface area (Å²) in [6, 6.07) is 0. The second-order valence-electron chi connectivity index (χ2n) is 2.81. The zero-order valence-corrected chi connectivity index (χ0v) is 7.42. The summed E-state index contributed by atoms with van der Waals surface area (Å²) in [6.07, 6.45) is 4.32. The summed E-state index contributed by atoms with van der Waals surface area (Å²) >= 11 is 0. The molecule has 0 saturated heterocycles. The van der Waals surface area contributed by atoms with Gasteiger partial charge in [-0.25, -0.2) is 0 Å². The molecule has 0 rings (SSSR count). The van der Waals surface area contributed by atoms with Gasteiger partial charge in [-0.2, -0.15) is 0 Å². The molecular formula is C9H16O3. The first-order valence-electron chi connectivity index (χ1n) is 4.15. The molecule has 0 amide bonds. The van der Waals surface area contributed by atoms with Gasteiger partial charge in [-0.15, -0.1) is 0 Å². The molecule has 0 spiro atoms. The van der Waals surface area contributed by atoms with Crippen molar-refractivity contribution in [1.82, 2.24) is 0 Å². The van der Waals surface area contributed by atoms with Gasteiger partial charge in [-0.05, 0) is 26.2 Å². The largest absolute Gasteiger partial charge is 0.481 e. The number of aliphatic carboxylic acids is 1. The SMILES string of the molecule is C/C(=C\CCC(=O)O)CCCO. The van der Waals surface area contributed by atoms with Gasteiger partial charge in [0, 0.05) is 13.0 Å². The molecule has 0 aromatic heterocycles. The third kappa shape index (κ3) is 7.28. The Morgan fingerprint density at radius 2 is 2.08 bits per heavy atom. The van der Waals surface area contributed by atoms with E-state index < -0.39 is 5.97 Å². The lowest BCUT2D eigenvalue weighted by molar-refractivity contribution is -0.136. The normalized spacial score (nSPS) is 11.7. The number of aliphatic hydroxyl groups excluding tert-OH is 1. The van der Waals surface area contributed by atoms with Gasteiger partial charge in [0.05, 0.1) is 0 Å². The Morgan fingerprint density at radius 1 is 1.42 bits per heavy atom. The maximum atomic E-state index is 10.1. The smallest absolute Gasteiger partial charge is 0.303 e. The monoisotopic (exact) mass is 172 g/mol. The fourth-order valence-electron chi connectivity index (χ4n) is 0.902. The van der Waals surface area contributed by atoms with Crippen LogP contribution in [0.15, 0.2) is 11.6 Å². The average Bonchev–Trinajstić information content (AvgIpc) is 2.00. The van der Waals surface area contributed by atoms with E-state index in [1.54, 1.807) is 0 Å². The van der Waals surface area contributed by atoms with Crippen molar-refractivity contribution in [2.45, 2.75) is 32.6 Å². The number of aliphatic hydroxyl groups is 1. The fraction of sp³-hybridized carbons (Fsp3) is 0.667. The first-order chi connectivity index (χ1) is 5.66. The molecular weight excluding hydrogens is 156 g/mol. The Labute approximate surface area is 72.7 Å². The maximum Gasteiger partial charge on any atom is 0.303 e. The Bertz CT molecular complexity index is 161. The number of rotatable bonds is 6. The van der Waals surface area contributed by atoms with Crippen LogP contribution in [0.3, 0.4) is 0 Å². The lowest BCUT2D eigenvalue weighted by Crippen LogP contribution is -1.92. The van der Waals surface area contributed by atoms with E-state index in [2.05, 4.69) is 0 Å². The van der Waals surface area contributed by atoms with Gasteiger partial charge < -0.3 is 10.2 Å². The number of hydrogen-bond acceptors (Lipinski definition) is 2. The molecule has 0 aromatic rings. The zero-order chi connectivity index (χ0) is 9.40. The molecule has 0 heterocycles. The number of carboxylic acids is 1. The second-order valence-corrected chi connectivity index (χ2v) is 2.81. The van der Waals surface area contributed by atoms with Crippen LogP contribution < -0.4 is 0 Å². The topological polar surface area (TPSA) is 57.5 Å². The maximum absolute atomic E-state index is 10.1. The van der Waals surface area contributed by atoms with Crippen molar-refractivity contribution in [1.29, 1.82) is 0 Å². The van der Waals surface area contributed by atoms with Gasteiger partial charge in [0.15, 0.2) is 0 Å². The predicted molar refractivity (Wildman–Crippen MR) is 46.9 cm³/mol. The Kier molecular flexibility index (Phi) is 6.38. The van der Waals surface area contributed by atoms with Crippen molar-refractivity contribution in [2.75, 3.05) is 6.61 Å². The molecule has 70 valence electrons. The van der Waals surface area contributed by atoms with Crippen LogP contribution in [0.25, 0.3) is 0 Å². The summed E-state index contributed by atoms with van der Waals surface area (Å²) in [5.74, 6) is -0.763. The van der Waals surface area contributed by atoms with E-state index in [-0.39, 0.29) is 13.0 Å². The van der Waals surface area contributed by atoms with Gasteiger partial charge in [-0.1, -0.05) is 11.6 Å². The highest BCUT2D eigenvalue weighted by Gasteiger charge is 1.94. The molecule has 0 unspecified atom stereocenters. The van der Waals surface area contributed by atoms with Gasteiger partial charge in [0.1, 0.15) is 0 Å². The van der Waals surface area contributed by atoms with Gasteiger partial charge in [0.25, 0.3) is 0 Å². The molecule has 0 bridgehead atoms. The molecule has 3 heteroatoms. The second kappa shape index (κ2) is 6.85. The van der Waals surface area contributed by atoms with Crippen LogP contribution in [-0.4, -0.2) is 22.8 Å². The van der Waals surface area contributed by atoms with Crippen LogP contribution >= 0.6 is 0 Å². The van der Waals surface area contributed by atoms with Crippen LogP contribution in [0.2, 0.25) is 0 Å². The molecule has 0 atom stereocenters. The van der Waals surface area contributed by atoms with Crippen LogP contribution in [0.1, 0.15) is 32.6 Å². The molecule has 0 saturated carbocycles. The quantitative estimate of drug-likeness (QED) is 0.598. The summed E-state index contributed by atoms with van der Waals surface area (Å²) in [4.78, 5) is 10.1. The molecule has 0 aliphatic carbocycles. The third-order valence-electron chi connectivity index (χ3n) is 1.58. The van der Waals surface area contributed by atoms with Gasteiger partial charge in [0.2, 0.25) is 0 Å². The standard InChI is InChI=1S/C9H16O3/c1-8(5-3-7-10)4-2-6-9(11)12/h4,10H,2-3,5-7H2,1H3,(H,11,12)/b8-4+. The average molecular weight is 172 g/mol. The number of allylic oxidation sites excluding steroid dienone is 2. The van der Waals surface area contributed by atoms with Crippen molar-refractivity contribution in [3.8, 4) is 0 Å². The molecule has 0 radical (unpaired) electrons. The van der Waals surface area contributed by atoms with E-state index in [1.165, 1.54) is 0 Å². The molecule has 0 aliphatic rings. The van der Waals surface area contributed by atoms with Crippen LogP contribution in [0.5, 0.6) is 0 Å². The highest BCUT2D eigenvalue weighted by Crippen LogP contribution is 2.05. The summed E-state index contributed by atoms with van der Waals surface area (Å²) in [5, 5.41) is 16.8. The minimum Gasteiger partial charge on any atom is -0.481 e. The van der Waals surface area contributed by atoms with E-state index in [1.807, 2.05) is 13.0 Å². The van der Waals surface area contributed by atoms with Crippen molar-refractivity contribution < 1.29 is 15.0 Å². The van der Waals surface area contributed by atoms with Crippen molar-refractivity contribution in [3.63, 3.8) is 0 Å². The minimum absolute atomic E-state index is 0.191. The first-order valence-corrected chi connectivity index (χ1v) is 4.15. The van der Waals surface area contributed by atoms with Crippen LogP contribution in [-0.2, 0) is 4.79 Å². The van der Waals surface area contributed by atoms with E-state index in [4.69, 9.17) is 10.2 Å². The van der Waals surface area contributed by atoms with Gasteiger partial charge >= 0.3 is 5.97 Å². The minimum atomic E-state index is -0.763. The highest BCUT2D eigenvalue weighted by atomic mass is 16.4. The van der Waals surface area contributed by atoms with E-state index >= 15 is 0 Å². The van der Waals surface area contributed by atoms with Crippen LogP contribution in [0.4, 0.5) is 0 Å². The summed E-state index contributed by atoms with van der Waals surface area (Å²) in [7, 11) is 0. The van der Waals surface area contributed by atoms with Crippen LogP contribution in [0, 0.1) is 0 Å².